The van der Waals surface area contributed by atoms with Gasteiger partial charge in [-0.3, -0.25) is 9.59 Å². The second-order valence-corrected chi connectivity index (χ2v) is 8.39. The summed E-state index contributed by atoms with van der Waals surface area (Å²) < 4.78 is 1.68. The van der Waals surface area contributed by atoms with E-state index < -0.39 is 0 Å². The maximum absolute atomic E-state index is 12.5. The highest BCUT2D eigenvalue weighted by Crippen LogP contribution is 2.26. The second-order valence-electron chi connectivity index (χ2n) is 7.95. The van der Waals surface area contributed by atoms with E-state index in [1.165, 1.54) is 4.90 Å². The van der Waals surface area contributed by atoms with Crippen molar-refractivity contribution < 1.29 is 9.59 Å². The second kappa shape index (κ2) is 8.13. The van der Waals surface area contributed by atoms with Gasteiger partial charge >= 0.3 is 0 Å². The molecule has 0 aliphatic rings. The molecular weight excluding hydrogens is 364 g/mol. The van der Waals surface area contributed by atoms with Gasteiger partial charge in [-0.15, -0.1) is 0 Å². The molecule has 2 aromatic rings. The van der Waals surface area contributed by atoms with Crippen molar-refractivity contribution in [3.8, 4) is 5.69 Å². The average Bonchev–Trinajstić information content (AvgIpc) is 2.98. The summed E-state index contributed by atoms with van der Waals surface area (Å²) in [4.78, 5) is 25.9. The number of hydrogen-bond donors (Lipinski definition) is 1. The Morgan fingerprint density at radius 2 is 1.81 bits per heavy atom. The summed E-state index contributed by atoms with van der Waals surface area (Å²) in [6.45, 7) is 9.77. The molecule has 1 N–H and O–H groups in total. The van der Waals surface area contributed by atoms with E-state index in [0.29, 0.717) is 10.8 Å². The monoisotopic (exact) mass is 390 g/mol. The maximum atomic E-state index is 12.5. The summed E-state index contributed by atoms with van der Waals surface area (Å²) in [6, 6.07) is 9.08. The summed E-state index contributed by atoms with van der Waals surface area (Å²) in [5, 5.41) is 8.16. The van der Waals surface area contributed by atoms with Crippen molar-refractivity contribution in [2.75, 3.05) is 18.9 Å². The van der Waals surface area contributed by atoms with E-state index in [0.717, 1.165) is 11.4 Å². The predicted molar refractivity (Wildman–Crippen MR) is 108 cm³/mol. The van der Waals surface area contributed by atoms with Gasteiger partial charge in [0.25, 0.3) is 0 Å². The van der Waals surface area contributed by atoms with Crippen molar-refractivity contribution in [2.24, 2.45) is 5.92 Å². The van der Waals surface area contributed by atoms with Gasteiger partial charge in [0.2, 0.25) is 11.8 Å². The number of nitrogens with one attached hydrogen (secondary N) is 1. The van der Waals surface area contributed by atoms with Crippen molar-refractivity contribution in [3.63, 3.8) is 0 Å². The first-order valence-electron chi connectivity index (χ1n) is 8.90. The number of halogens is 1. The van der Waals surface area contributed by atoms with E-state index in [-0.39, 0.29) is 29.7 Å². The normalized spacial score (nSPS) is 11.6. The van der Waals surface area contributed by atoms with E-state index >= 15 is 0 Å². The summed E-state index contributed by atoms with van der Waals surface area (Å²) in [5.74, 6) is 0.0429. The van der Waals surface area contributed by atoms with Crippen molar-refractivity contribution >= 4 is 29.2 Å². The molecule has 2 rings (SSSR count). The van der Waals surface area contributed by atoms with Gasteiger partial charge in [0.15, 0.2) is 0 Å². The number of rotatable bonds is 5. The molecule has 0 spiro atoms. The fourth-order valence-corrected chi connectivity index (χ4v) is 2.66. The lowest BCUT2D eigenvalue weighted by Crippen LogP contribution is -2.37. The Morgan fingerprint density at radius 3 is 2.33 bits per heavy atom. The molecule has 7 heteroatoms. The van der Waals surface area contributed by atoms with Crippen molar-refractivity contribution in [2.45, 2.75) is 40.0 Å². The smallest absolute Gasteiger partial charge is 0.245 e. The van der Waals surface area contributed by atoms with Crippen LogP contribution in [-0.2, 0) is 15.0 Å². The molecule has 0 saturated heterocycles. The molecular formula is C20H27ClN4O2. The molecule has 0 radical (unpaired) electrons. The van der Waals surface area contributed by atoms with Crippen molar-refractivity contribution in [1.82, 2.24) is 14.7 Å². The van der Waals surface area contributed by atoms with Crippen LogP contribution in [0.3, 0.4) is 0 Å². The number of anilines is 1. The first-order valence-corrected chi connectivity index (χ1v) is 9.28. The Kier molecular flexibility index (Phi) is 6.31. The van der Waals surface area contributed by atoms with Crippen LogP contribution in [0.1, 0.15) is 40.3 Å². The number of benzene rings is 1. The molecule has 0 saturated carbocycles. The van der Waals surface area contributed by atoms with Gasteiger partial charge in [0.05, 0.1) is 17.9 Å². The van der Waals surface area contributed by atoms with Crippen LogP contribution in [0, 0.1) is 5.92 Å². The van der Waals surface area contributed by atoms with Crippen LogP contribution in [0.4, 0.5) is 5.82 Å². The molecule has 0 atom stereocenters. The number of amides is 2. The maximum Gasteiger partial charge on any atom is 0.245 e. The molecule has 1 heterocycles. The highest BCUT2D eigenvalue weighted by molar-refractivity contribution is 6.30. The van der Waals surface area contributed by atoms with Crippen LogP contribution in [0.15, 0.2) is 30.3 Å². The average molecular weight is 391 g/mol. The molecule has 1 aromatic heterocycles. The van der Waals surface area contributed by atoms with Gasteiger partial charge in [0.1, 0.15) is 5.82 Å². The molecule has 27 heavy (non-hydrogen) atoms. The highest BCUT2D eigenvalue weighted by Gasteiger charge is 2.22. The van der Waals surface area contributed by atoms with E-state index in [1.54, 1.807) is 23.9 Å². The Bertz CT molecular complexity index is 819. The fourth-order valence-electron chi connectivity index (χ4n) is 2.53. The summed E-state index contributed by atoms with van der Waals surface area (Å²) >= 11 is 5.98. The third kappa shape index (κ3) is 5.32. The fraction of sp³-hybridized carbons (Fsp3) is 0.450. The minimum Gasteiger partial charge on any atom is -0.336 e. The predicted octanol–water partition coefficient (Wildman–Crippen LogP) is 3.88. The van der Waals surface area contributed by atoms with Crippen LogP contribution < -0.4 is 5.32 Å². The minimum absolute atomic E-state index is 0.0202. The van der Waals surface area contributed by atoms with Gasteiger partial charge in [-0.1, -0.05) is 46.2 Å². The quantitative estimate of drug-likeness (QED) is 0.842. The first kappa shape index (κ1) is 21.0. The standard InChI is InChI=1S/C20H27ClN4O2/c1-13(2)19(27)24(6)12-18(26)22-17-11-16(20(3,4)5)23-25(17)15-9-7-14(21)8-10-15/h7-11,13H,12H2,1-6H3,(H,22,26). The van der Waals surface area contributed by atoms with E-state index in [4.69, 9.17) is 11.6 Å². The van der Waals surface area contributed by atoms with Gasteiger partial charge in [-0.05, 0) is 24.3 Å². The van der Waals surface area contributed by atoms with E-state index in [9.17, 15) is 9.59 Å². The lowest BCUT2D eigenvalue weighted by Gasteiger charge is -2.19. The molecule has 146 valence electrons. The summed E-state index contributed by atoms with van der Waals surface area (Å²) in [5.41, 5.74) is 1.46. The zero-order chi connectivity index (χ0) is 20.4. The highest BCUT2D eigenvalue weighted by atomic mass is 35.5. The van der Waals surface area contributed by atoms with Crippen LogP contribution >= 0.6 is 11.6 Å². The molecule has 0 unspecified atom stereocenters. The molecule has 1 aromatic carbocycles. The van der Waals surface area contributed by atoms with Gasteiger partial charge in [0, 0.05) is 29.5 Å². The zero-order valence-electron chi connectivity index (χ0n) is 16.7. The number of aromatic nitrogens is 2. The summed E-state index contributed by atoms with van der Waals surface area (Å²) in [6.07, 6.45) is 0. The lowest BCUT2D eigenvalue weighted by molar-refractivity contribution is -0.136. The van der Waals surface area contributed by atoms with Crippen LogP contribution in [0.5, 0.6) is 0 Å². The van der Waals surface area contributed by atoms with Gasteiger partial charge in [-0.25, -0.2) is 4.68 Å². The number of carbonyl (C=O) groups is 2. The largest absolute Gasteiger partial charge is 0.336 e. The Labute approximate surface area is 165 Å². The molecule has 6 nitrogen and oxygen atoms in total. The van der Waals surface area contributed by atoms with Crippen LogP contribution in [0.2, 0.25) is 5.02 Å². The third-order valence-electron chi connectivity index (χ3n) is 4.07. The zero-order valence-corrected chi connectivity index (χ0v) is 17.5. The third-order valence-corrected chi connectivity index (χ3v) is 4.32. The Balaban J connectivity index is 2.29. The molecule has 0 bridgehead atoms. The molecule has 2 amide bonds. The first-order chi connectivity index (χ1) is 12.5. The Morgan fingerprint density at radius 1 is 1.22 bits per heavy atom. The van der Waals surface area contributed by atoms with E-state index in [2.05, 4.69) is 31.2 Å². The molecule has 0 aliphatic carbocycles. The van der Waals surface area contributed by atoms with Crippen LogP contribution in [-0.4, -0.2) is 40.1 Å². The lowest BCUT2D eigenvalue weighted by atomic mass is 9.92. The molecule has 0 aliphatic heterocycles. The summed E-state index contributed by atoms with van der Waals surface area (Å²) in [7, 11) is 1.62. The number of hydrogen-bond acceptors (Lipinski definition) is 3. The van der Waals surface area contributed by atoms with Crippen molar-refractivity contribution in [3.05, 3.63) is 41.0 Å². The van der Waals surface area contributed by atoms with Crippen LogP contribution in [0.25, 0.3) is 5.69 Å². The van der Waals surface area contributed by atoms with Gasteiger partial charge < -0.3 is 10.2 Å². The van der Waals surface area contributed by atoms with E-state index in [1.807, 2.05) is 32.0 Å². The number of nitrogens with zero attached hydrogens (tertiary/aromatic N) is 3. The topological polar surface area (TPSA) is 67.2 Å². The molecule has 0 fully saturated rings. The minimum atomic E-state index is -0.276. The number of carbonyl (C=O) groups excluding carboxylic acids is 2. The van der Waals surface area contributed by atoms with Gasteiger partial charge in [-0.2, -0.15) is 5.10 Å². The van der Waals surface area contributed by atoms with Crippen molar-refractivity contribution in [1.29, 1.82) is 0 Å². The number of likely N-dealkylation sites (N-methyl/N-ethyl adjacent to an activating group) is 1. The Hall–Kier alpha value is -2.34. The SMILES string of the molecule is CC(C)C(=O)N(C)CC(=O)Nc1cc(C(C)(C)C)nn1-c1ccc(Cl)cc1.